The average molecular weight is 315 g/mol. The number of carbonyl (C=O) groups is 1. The lowest BCUT2D eigenvalue weighted by molar-refractivity contribution is 0.110. The van der Waals surface area contributed by atoms with Crippen LogP contribution in [-0.2, 0) is 0 Å². The molecule has 94 valence electrons. The molecule has 2 nitrogen and oxygen atoms in total. The molecule has 0 bridgehead atoms. The molecule has 3 heteroatoms. The monoisotopic (exact) mass is 314 g/mol. The summed E-state index contributed by atoms with van der Waals surface area (Å²) in [5, 5.41) is 0.964. The number of hydrogen-bond acceptors (Lipinski definition) is 2. The molecular weight excluding hydrogens is 304 g/mol. The van der Waals surface area contributed by atoms with Gasteiger partial charge in [-0.3, -0.25) is 4.79 Å². The van der Waals surface area contributed by atoms with Crippen LogP contribution in [0.25, 0.3) is 22.1 Å². The Labute approximate surface area is 119 Å². The second-order valence-corrected chi connectivity index (χ2v) is 5.22. The fraction of sp³-hybridized carbons (Fsp3) is 0.0625. The first-order valence-corrected chi connectivity index (χ1v) is 6.74. The van der Waals surface area contributed by atoms with E-state index in [4.69, 9.17) is 4.42 Å². The van der Waals surface area contributed by atoms with Crippen LogP contribution in [0.5, 0.6) is 0 Å². The van der Waals surface area contributed by atoms with E-state index in [2.05, 4.69) is 15.9 Å². The second-order valence-electron chi connectivity index (χ2n) is 4.37. The lowest BCUT2D eigenvalue weighted by Crippen LogP contribution is -1.87. The van der Waals surface area contributed by atoms with Crippen LogP contribution in [0.1, 0.15) is 16.1 Å². The SMILES string of the molecule is Cc1c(Br)cccc1-c1c(C=O)oc2ccccc12. The molecule has 0 atom stereocenters. The maximum Gasteiger partial charge on any atom is 0.186 e. The van der Waals surface area contributed by atoms with Crippen molar-refractivity contribution < 1.29 is 9.21 Å². The number of para-hydroxylation sites is 1. The van der Waals surface area contributed by atoms with Gasteiger partial charge in [0.05, 0.1) is 0 Å². The van der Waals surface area contributed by atoms with Crippen LogP contribution >= 0.6 is 15.9 Å². The molecule has 0 radical (unpaired) electrons. The minimum atomic E-state index is 0.377. The molecular formula is C16H11BrO2. The molecule has 0 unspecified atom stereocenters. The fourth-order valence-corrected chi connectivity index (χ4v) is 2.67. The van der Waals surface area contributed by atoms with Gasteiger partial charge in [-0.2, -0.15) is 0 Å². The van der Waals surface area contributed by atoms with Crippen molar-refractivity contribution >= 4 is 33.2 Å². The molecule has 19 heavy (non-hydrogen) atoms. The van der Waals surface area contributed by atoms with Crippen LogP contribution in [0, 0.1) is 6.92 Å². The molecule has 0 aliphatic rings. The molecule has 0 fully saturated rings. The van der Waals surface area contributed by atoms with E-state index in [1.165, 1.54) is 0 Å². The second kappa shape index (κ2) is 4.67. The molecule has 0 amide bonds. The highest BCUT2D eigenvalue weighted by Crippen LogP contribution is 2.37. The smallest absolute Gasteiger partial charge is 0.186 e. The number of aldehydes is 1. The molecule has 0 aliphatic heterocycles. The molecule has 3 rings (SSSR count). The highest BCUT2D eigenvalue weighted by Gasteiger charge is 2.17. The van der Waals surface area contributed by atoms with Crippen LogP contribution in [0.15, 0.2) is 51.4 Å². The number of benzene rings is 2. The molecule has 3 aromatic rings. The van der Waals surface area contributed by atoms with Gasteiger partial charge < -0.3 is 4.42 Å². The Kier molecular flexibility index (Phi) is 2.99. The van der Waals surface area contributed by atoms with Gasteiger partial charge in [-0.25, -0.2) is 0 Å². The van der Waals surface area contributed by atoms with Gasteiger partial charge in [0.25, 0.3) is 0 Å². The Morgan fingerprint density at radius 1 is 1.11 bits per heavy atom. The minimum Gasteiger partial charge on any atom is -0.453 e. The lowest BCUT2D eigenvalue weighted by atomic mass is 9.98. The third-order valence-corrected chi connectivity index (χ3v) is 4.13. The van der Waals surface area contributed by atoms with Gasteiger partial charge in [0.15, 0.2) is 12.0 Å². The maximum atomic E-state index is 11.3. The van der Waals surface area contributed by atoms with Crippen molar-refractivity contribution in [1.29, 1.82) is 0 Å². The summed E-state index contributed by atoms with van der Waals surface area (Å²) in [6, 6.07) is 13.6. The average Bonchev–Trinajstić information content (AvgIpc) is 2.80. The van der Waals surface area contributed by atoms with Crippen LogP contribution in [0.3, 0.4) is 0 Å². The summed E-state index contributed by atoms with van der Waals surface area (Å²) in [6.07, 6.45) is 0.773. The number of fused-ring (bicyclic) bond motifs is 1. The molecule has 0 saturated heterocycles. The van der Waals surface area contributed by atoms with Gasteiger partial charge in [0.2, 0.25) is 0 Å². The van der Waals surface area contributed by atoms with Gasteiger partial charge >= 0.3 is 0 Å². The van der Waals surface area contributed by atoms with E-state index in [1.807, 2.05) is 49.4 Å². The van der Waals surface area contributed by atoms with Crippen molar-refractivity contribution in [2.45, 2.75) is 6.92 Å². The Morgan fingerprint density at radius 3 is 2.68 bits per heavy atom. The van der Waals surface area contributed by atoms with Gasteiger partial charge in [0, 0.05) is 15.4 Å². The van der Waals surface area contributed by atoms with Crippen LogP contribution in [0.2, 0.25) is 0 Å². The summed E-state index contributed by atoms with van der Waals surface area (Å²) < 4.78 is 6.63. The Bertz CT molecular complexity index is 772. The predicted octanol–water partition coefficient (Wildman–Crippen LogP) is 4.98. The largest absolute Gasteiger partial charge is 0.453 e. The zero-order valence-corrected chi connectivity index (χ0v) is 11.9. The molecule has 0 saturated carbocycles. The molecule has 2 aromatic carbocycles. The van der Waals surface area contributed by atoms with Gasteiger partial charge in [0.1, 0.15) is 5.58 Å². The lowest BCUT2D eigenvalue weighted by Gasteiger charge is -2.06. The normalized spacial score (nSPS) is 10.8. The summed E-state index contributed by atoms with van der Waals surface area (Å²) in [7, 11) is 0. The fourth-order valence-electron chi connectivity index (χ4n) is 2.30. The first kappa shape index (κ1) is 12.2. The third-order valence-electron chi connectivity index (χ3n) is 3.27. The van der Waals surface area contributed by atoms with Crippen LogP contribution in [0.4, 0.5) is 0 Å². The molecule has 0 N–H and O–H groups in total. The van der Waals surface area contributed by atoms with Crippen molar-refractivity contribution in [3.8, 4) is 11.1 Å². The molecule has 0 aliphatic carbocycles. The van der Waals surface area contributed by atoms with Crippen molar-refractivity contribution in [1.82, 2.24) is 0 Å². The number of furan rings is 1. The Hall–Kier alpha value is -1.87. The standard InChI is InChI=1S/C16H11BrO2/c1-10-11(6-4-7-13(10)17)16-12-5-2-3-8-14(12)19-15(16)9-18/h2-9H,1H3. The summed E-state index contributed by atoms with van der Waals surface area (Å²) in [4.78, 5) is 11.3. The Morgan fingerprint density at radius 2 is 1.89 bits per heavy atom. The predicted molar refractivity (Wildman–Crippen MR) is 79.5 cm³/mol. The number of halogens is 1. The summed E-state index contributed by atoms with van der Waals surface area (Å²) in [6.45, 7) is 2.02. The van der Waals surface area contributed by atoms with Crippen LogP contribution in [-0.4, -0.2) is 6.29 Å². The zero-order chi connectivity index (χ0) is 13.4. The minimum absolute atomic E-state index is 0.377. The van der Waals surface area contributed by atoms with Crippen molar-refractivity contribution in [2.24, 2.45) is 0 Å². The highest BCUT2D eigenvalue weighted by molar-refractivity contribution is 9.10. The zero-order valence-electron chi connectivity index (χ0n) is 10.3. The van der Waals surface area contributed by atoms with E-state index in [0.29, 0.717) is 5.76 Å². The van der Waals surface area contributed by atoms with Gasteiger partial charge in [-0.1, -0.05) is 46.3 Å². The summed E-state index contributed by atoms with van der Waals surface area (Å²) >= 11 is 3.52. The molecule has 1 heterocycles. The van der Waals surface area contributed by atoms with E-state index in [1.54, 1.807) is 0 Å². The third kappa shape index (κ3) is 1.90. The summed E-state index contributed by atoms with van der Waals surface area (Å²) in [5.41, 5.74) is 3.71. The van der Waals surface area contributed by atoms with E-state index in [0.717, 1.165) is 38.4 Å². The molecule has 0 spiro atoms. The number of rotatable bonds is 2. The van der Waals surface area contributed by atoms with E-state index in [9.17, 15) is 4.79 Å². The summed E-state index contributed by atoms with van der Waals surface area (Å²) in [5.74, 6) is 0.377. The number of hydrogen-bond donors (Lipinski definition) is 0. The highest BCUT2D eigenvalue weighted by atomic mass is 79.9. The van der Waals surface area contributed by atoms with Gasteiger partial charge in [-0.15, -0.1) is 0 Å². The number of carbonyl (C=O) groups excluding carboxylic acids is 1. The van der Waals surface area contributed by atoms with Crippen molar-refractivity contribution in [2.75, 3.05) is 0 Å². The topological polar surface area (TPSA) is 30.2 Å². The van der Waals surface area contributed by atoms with E-state index in [-0.39, 0.29) is 0 Å². The van der Waals surface area contributed by atoms with E-state index >= 15 is 0 Å². The van der Waals surface area contributed by atoms with Crippen LogP contribution < -0.4 is 0 Å². The van der Waals surface area contributed by atoms with Gasteiger partial charge in [-0.05, 0) is 30.2 Å². The maximum absolute atomic E-state index is 11.3. The molecule has 1 aromatic heterocycles. The van der Waals surface area contributed by atoms with Crippen molar-refractivity contribution in [3.05, 3.63) is 58.3 Å². The van der Waals surface area contributed by atoms with Crippen molar-refractivity contribution in [3.63, 3.8) is 0 Å². The first-order valence-electron chi connectivity index (χ1n) is 5.94. The quantitative estimate of drug-likeness (QED) is 0.624. The van der Waals surface area contributed by atoms with E-state index < -0.39 is 0 Å². The first-order chi connectivity index (χ1) is 9.22. The Balaban J connectivity index is 2.41.